The number of aromatic hydroxyl groups is 1. The minimum atomic E-state index is -0.915. The van der Waals surface area contributed by atoms with Gasteiger partial charge in [-0.3, -0.25) is 15.0 Å². The van der Waals surface area contributed by atoms with E-state index in [1.807, 2.05) is 24.3 Å². The second-order valence-corrected chi connectivity index (χ2v) is 7.62. The van der Waals surface area contributed by atoms with Crippen LogP contribution in [0.4, 0.5) is 5.69 Å². The molecule has 1 aliphatic rings. The summed E-state index contributed by atoms with van der Waals surface area (Å²) >= 11 is 0. The van der Waals surface area contributed by atoms with Gasteiger partial charge in [0.1, 0.15) is 5.75 Å². The highest BCUT2D eigenvalue weighted by atomic mass is 16.4. The van der Waals surface area contributed by atoms with E-state index in [-0.39, 0.29) is 24.4 Å². The van der Waals surface area contributed by atoms with Gasteiger partial charge in [-0.15, -0.1) is 0 Å². The second kappa shape index (κ2) is 10.6. The Morgan fingerprint density at radius 1 is 1.09 bits per heavy atom. The van der Waals surface area contributed by atoms with Crippen LogP contribution in [0.5, 0.6) is 5.75 Å². The zero-order chi connectivity index (χ0) is 23.1. The molecule has 32 heavy (non-hydrogen) atoms. The van der Waals surface area contributed by atoms with Gasteiger partial charge in [-0.25, -0.2) is 5.01 Å². The first-order valence-electron chi connectivity index (χ1n) is 10.7. The summed E-state index contributed by atoms with van der Waals surface area (Å²) in [5, 5.41) is 29.0. The van der Waals surface area contributed by atoms with E-state index in [1.54, 1.807) is 13.0 Å². The number of rotatable bonds is 10. The van der Waals surface area contributed by atoms with Gasteiger partial charge < -0.3 is 10.2 Å². The van der Waals surface area contributed by atoms with Crippen LogP contribution in [0.1, 0.15) is 43.4 Å². The van der Waals surface area contributed by atoms with Crippen molar-refractivity contribution >= 4 is 29.0 Å². The number of anilines is 1. The normalized spacial score (nSPS) is 14.7. The van der Waals surface area contributed by atoms with E-state index >= 15 is 0 Å². The van der Waals surface area contributed by atoms with Crippen molar-refractivity contribution in [2.24, 2.45) is 10.2 Å². The molecule has 0 saturated carbocycles. The van der Waals surface area contributed by atoms with E-state index in [0.717, 1.165) is 18.4 Å². The van der Waals surface area contributed by atoms with E-state index in [4.69, 9.17) is 5.11 Å². The lowest BCUT2D eigenvalue weighted by atomic mass is 9.98. The summed E-state index contributed by atoms with van der Waals surface area (Å²) in [5.74, 6) is -1.21. The molecule has 0 saturated heterocycles. The number of carboxylic acid groups (broad SMARTS) is 1. The molecule has 3 rings (SSSR count). The maximum Gasteiger partial charge on any atom is 0.303 e. The minimum absolute atomic E-state index is 0.0352. The first kappa shape index (κ1) is 23.0. The molecule has 8 heteroatoms. The minimum Gasteiger partial charge on any atom is -0.505 e. The number of amides is 1. The number of benzene rings is 2. The number of hydrogen-bond acceptors (Lipinski definition) is 6. The van der Waals surface area contributed by atoms with Gasteiger partial charge in [0, 0.05) is 13.0 Å². The Morgan fingerprint density at radius 3 is 2.50 bits per heavy atom. The number of carbonyl (C=O) groups excluding carboxylic acids is 1. The maximum atomic E-state index is 12.5. The van der Waals surface area contributed by atoms with Crippen LogP contribution < -0.4 is 5.43 Å². The van der Waals surface area contributed by atoms with Crippen molar-refractivity contribution in [3.8, 4) is 5.75 Å². The number of phenols is 1. The van der Waals surface area contributed by atoms with Gasteiger partial charge in [-0.2, -0.15) is 10.2 Å². The number of carbonyl (C=O) groups is 2. The third-order valence-electron chi connectivity index (χ3n) is 5.38. The van der Waals surface area contributed by atoms with Gasteiger partial charge in [-0.05, 0) is 55.4 Å². The van der Waals surface area contributed by atoms with Crippen molar-refractivity contribution in [2.45, 2.75) is 46.0 Å². The first-order chi connectivity index (χ1) is 15.4. The average molecular weight is 437 g/mol. The number of aliphatic carboxylic acids is 1. The summed E-state index contributed by atoms with van der Waals surface area (Å²) in [7, 11) is 0. The van der Waals surface area contributed by atoms with Crippen molar-refractivity contribution in [3.63, 3.8) is 0 Å². The van der Waals surface area contributed by atoms with Gasteiger partial charge in [0.05, 0.1) is 11.4 Å². The predicted molar refractivity (Wildman–Crippen MR) is 124 cm³/mol. The van der Waals surface area contributed by atoms with Crippen molar-refractivity contribution < 1.29 is 19.8 Å². The fourth-order valence-corrected chi connectivity index (χ4v) is 3.63. The number of nitrogens with zero attached hydrogens (tertiary/aromatic N) is 3. The number of nitrogens with one attached hydrogen (secondary N) is 1. The quantitative estimate of drug-likeness (QED) is 0.389. The molecule has 0 atom stereocenters. The van der Waals surface area contributed by atoms with Crippen LogP contribution in [0.3, 0.4) is 0 Å². The Hall–Kier alpha value is -3.68. The summed E-state index contributed by atoms with van der Waals surface area (Å²) in [5.41, 5.74) is 7.12. The molecule has 0 aromatic heterocycles. The van der Waals surface area contributed by atoms with Crippen LogP contribution in [-0.4, -0.2) is 45.1 Å². The van der Waals surface area contributed by atoms with E-state index in [1.165, 1.54) is 16.1 Å². The molecule has 0 aliphatic carbocycles. The second-order valence-electron chi connectivity index (χ2n) is 7.62. The van der Waals surface area contributed by atoms with Gasteiger partial charge in [-0.1, -0.05) is 43.3 Å². The van der Waals surface area contributed by atoms with E-state index in [2.05, 4.69) is 34.7 Å². The third-order valence-corrected chi connectivity index (χ3v) is 5.38. The molecule has 0 fully saturated rings. The van der Waals surface area contributed by atoms with Crippen molar-refractivity contribution in [3.05, 3.63) is 59.2 Å². The molecular weight excluding hydrogens is 408 g/mol. The molecule has 0 bridgehead atoms. The lowest BCUT2D eigenvalue weighted by molar-refractivity contribution is -0.137. The Morgan fingerprint density at radius 2 is 1.78 bits per heavy atom. The summed E-state index contributed by atoms with van der Waals surface area (Å²) < 4.78 is 0. The number of carboxylic acids is 1. The van der Waals surface area contributed by atoms with Gasteiger partial charge in [0.15, 0.2) is 5.71 Å². The summed E-state index contributed by atoms with van der Waals surface area (Å²) in [4.78, 5) is 23.2. The number of aryl methyl sites for hydroxylation is 3. The molecule has 0 unspecified atom stereocenters. The number of para-hydroxylation sites is 1. The lowest BCUT2D eigenvalue weighted by Crippen LogP contribution is -2.29. The molecule has 2 aromatic rings. The Bertz CT molecular complexity index is 1060. The van der Waals surface area contributed by atoms with Gasteiger partial charge in [0.25, 0.3) is 5.91 Å². The van der Waals surface area contributed by atoms with Crippen molar-refractivity contribution in [2.75, 3.05) is 12.0 Å². The molecule has 168 valence electrons. The first-order valence-corrected chi connectivity index (χ1v) is 10.7. The SMILES string of the molecule is CCc1ccccc1CCc1cccc(N/N=C2\C(=O)N(CCCC(=O)O)N=C2C)c1O. The van der Waals surface area contributed by atoms with E-state index < -0.39 is 11.9 Å². The van der Waals surface area contributed by atoms with Crippen molar-refractivity contribution in [1.82, 2.24) is 5.01 Å². The van der Waals surface area contributed by atoms with Crippen LogP contribution in [0, 0.1) is 0 Å². The van der Waals surface area contributed by atoms with Crippen LogP contribution in [0.25, 0.3) is 0 Å². The molecule has 1 aliphatic heterocycles. The summed E-state index contributed by atoms with van der Waals surface area (Å²) in [6, 6.07) is 13.7. The average Bonchev–Trinajstić information content (AvgIpc) is 3.04. The highest BCUT2D eigenvalue weighted by Gasteiger charge is 2.29. The largest absolute Gasteiger partial charge is 0.505 e. The molecule has 1 heterocycles. The van der Waals surface area contributed by atoms with Crippen LogP contribution in [0.15, 0.2) is 52.7 Å². The Labute approximate surface area is 187 Å². The Balaban J connectivity index is 1.67. The van der Waals surface area contributed by atoms with Crippen LogP contribution in [-0.2, 0) is 28.9 Å². The van der Waals surface area contributed by atoms with Gasteiger partial charge >= 0.3 is 5.97 Å². The number of phenolic OH excluding ortho intramolecular Hbond substituents is 1. The molecule has 8 nitrogen and oxygen atoms in total. The zero-order valence-corrected chi connectivity index (χ0v) is 18.3. The summed E-state index contributed by atoms with van der Waals surface area (Å²) in [6.45, 7) is 4.00. The zero-order valence-electron chi connectivity index (χ0n) is 18.3. The predicted octanol–water partition coefficient (Wildman–Crippen LogP) is 3.59. The highest BCUT2D eigenvalue weighted by Crippen LogP contribution is 2.29. The third kappa shape index (κ3) is 5.51. The topological polar surface area (TPSA) is 115 Å². The maximum absolute atomic E-state index is 12.5. The van der Waals surface area contributed by atoms with E-state index in [0.29, 0.717) is 24.2 Å². The molecule has 0 radical (unpaired) electrons. The van der Waals surface area contributed by atoms with E-state index in [9.17, 15) is 14.7 Å². The standard InChI is InChI=1S/C24H28N4O4/c1-3-17-8-4-5-9-18(17)13-14-19-10-6-11-20(23(19)31)25-26-22-16(2)27-28(24(22)32)15-7-12-21(29)30/h4-6,8-11,25,31H,3,7,12-15H2,1-2H3,(H,29,30)/b26-22-. The molecule has 2 aromatic carbocycles. The summed E-state index contributed by atoms with van der Waals surface area (Å²) in [6.07, 6.45) is 2.72. The molecule has 3 N–H and O–H groups in total. The fraction of sp³-hybridized carbons (Fsp3) is 0.333. The fourth-order valence-electron chi connectivity index (χ4n) is 3.63. The molecule has 0 spiro atoms. The number of hydrazone groups is 2. The van der Waals surface area contributed by atoms with Gasteiger partial charge in [0.2, 0.25) is 0 Å². The number of hydrogen-bond donors (Lipinski definition) is 3. The van der Waals surface area contributed by atoms with Crippen LogP contribution in [0.2, 0.25) is 0 Å². The lowest BCUT2D eigenvalue weighted by Gasteiger charge is -2.12. The smallest absolute Gasteiger partial charge is 0.303 e. The van der Waals surface area contributed by atoms with Crippen LogP contribution >= 0.6 is 0 Å². The molecular formula is C24H28N4O4. The monoisotopic (exact) mass is 436 g/mol. The molecule has 1 amide bonds. The highest BCUT2D eigenvalue weighted by molar-refractivity contribution is 6.68. The Kier molecular flexibility index (Phi) is 7.59. The van der Waals surface area contributed by atoms with Crippen molar-refractivity contribution in [1.29, 1.82) is 0 Å².